The van der Waals surface area contributed by atoms with Gasteiger partial charge in [0.2, 0.25) is 0 Å². The summed E-state index contributed by atoms with van der Waals surface area (Å²) in [6.45, 7) is 7.34. The minimum atomic E-state index is 0.505. The second-order valence-electron chi connectivity index (χ2n) is 8.31. The van der Waals surface area contributed by atoms with E-state index in [0.29, 0.717) is 17.5 Å². The summed E-state index contributed by atoms with van der Waals surface area (Å²) in [5.41, 5.74) is 0.505. The monoisotopic (exact) mass is 305 g/mol. The summed E-state index contributed by atoms with van der Waals surface area (Å²) in [6, 6.07) is 5.88. The van der Waals surface area contributed by atoms with Crippen molar-refractivity contribution in [3.8, 4) is 0 Å². The van der Waals surface area contributed by atoms with Gasteiger partial charge in [0, 0.05) is 17.0 Å². The fourth-order valence-electron chi connectivity index (χ4n) is 4.94. The first-order chi connectivity index (χ1) is 10.0. The lowest BCUT2D eigenvalue weighted by molar-refractivity contribution is 0.137. The molecule has 3 atom stereocenters. The highest BCUT2D eigenvalue weighted by molar-refractivity contribution is 7.10. The van der Waals surface area contributed by atoms with E-state index in [9.17, 15) is 0 Å². The fourth-order valence-corrected chi connectivity index (χ4v) is 5.81. The van der Waals surface area contributed by atoms with Gasteiger partial charge in [0.25, 0.3) is 0 Å². The van der Waals surface area contributed by atoms with Gasteiger partial charge in [-0.3, -0.25) is 0 Å². The van der Waals surface area contributed by atoms with Crippen molar-refractivity contribution in [2.75, 3.05) is 0 Å². The van der Waals surface area contributed by atoms with Gasteiger partial charge in [0.1, 0.15) is 0 Å². The Morgan fingerprint density at radius 3 is 2.62 bits per heavy atom. The van der Waals surface area contributed by atoms with E-state index in [1.54, 1.807) is 4.88 Å². The Hall–Kier alpha value is -0.340. The van der Waals surface area contributed by atoms with Crippen LogP contribution in [0.5, 0.6) is 0 Å². The van der Waals surface area contributed by atoms with Gasteiger partial charge in [-0.15, -0.1) is 11.3 Å². The molecule has 0 amide bonds. The Morgan fingerprint density at radius 2 is 2.00 bits per heavy atom. The zero-order chi connectivity index (χ0) is 14.9. The summed E-state index contributed by atoms with van der Waals surface area (Å²) < 4.78 is 0. The smallest absolute Gasteiger partial charge is 0.0445 e. The van der Waals surface area contributed by atoms with E-state index in [1.165, 1.54) is 44.9 Å². The number of hydrogen-bond acceptors (Lipinski definition) is 2. The SMILES string of the molecule is CC1CC(NC(c2cccs2)C2CCCC2)CC(C)(C)C1. The maximum absolute atomic E-state index is 4.10. The molecule has 3 unspecified atom stereocenters. The molecule has 0 spiro atoms. The first kappa shape index (κ1) is 15.6. The molecule has 1 aromatic rings. The lowest BCUT2D eigenvalue weighted by Crippen LogP contribution is -2.43. The van der Waals surface area contributed by atoms with Crippen molar-refractivity contribution in [1.29, 1.82) is 0 Å². The predicted octanol–water partition coefficient (Wildman–Crippen LogP) is 5.78. The van der Waals surface area contributed by atoms with Gasteiger partial charge in [0.15, 0.2) is 0 Å². The minimum absolute atomic E-state index is 0.505. The third-order valence-corrected chi connectivity index (χ3v) is 6.48. The first-order valence-corrected chi connectivity index (χ1v) is 9.71. The van der Waals surface area contributed by atoms with Crippen molar-refractivity contribution in [3.05, 3.63) is 22.4 Å². The van der Waals surface area contributed by atoms with Gasteiger partial charge in [-0.05, 0) is 60.8 Å². The largest absolute Gasteiger partial charge is 0.306 e. The average Bonchev–Trinajstić information content (AvgIpc) is 3.07. The number of thiophene rings is 1. The minimum Gasteiger partial charge on any atom is -0.306 e. The molecule has 0 saturated heterocycles. The molecular formula is C19H31NS. The summed E-state index contributed by atoms with van der Waals surface area (Å²) in [7, 11) is 0. The second kappa shape index (κ2) is 6.42. The van der Waals surface area contributed by atoms with Crippen molar-refractivity contribution in [3.63, 3.8) is 0 Å². The molecule has 118 valence electrons. The van der Waals surface area contributed by atoms with Crippen LogP contribution < -0.4 is 5.32 Å². The summed E-state index contributed by atoms with van der Waals surface area (Å²) >= 11 is 1.94. The average molecular weight is 306 g/mol. The van der Waals surface area contributed by atoms with E-state index in [1.807, 2.05) is 11.3 Å². The van der Waals surface area contributed by atoms with Crippen LogP contribution in [0.4, 0.5) is 0 Å². The molecule has 1 nitrogen and oxygen atoms in total. The molecular weight excluding hydrogens is 274 g/mol. The van der Waals surface area contributed by atoms with Crippen LogP contribution in [0.3, 0.4) is 0 Å². The van der Waals surface area contributed by atoms with Crippen LogP contribution in [-0.4, -0.2) is 6.04 Å². The van der Waals surface area contributed by atoms with E-state index >= 15 is 0 Å². The van der Waals surface area contributed by atoms with Crippen LogP contribution >= 0.6 is 11.3 Å². The van der Waals surface area contributed by atoms with Crippen LogP contribution in [0.2, 0.25) is 0 Å². The number of hydrogen-bond donors (Lipinski definition) is 1. The van der Waals surface area contributed by atoms with E-state index in [4.69, 9.17) is 0 Å². The lowest BCUT2D eigenvalue weighted by atomic mass is 9.70. The summed E-state index contributed by atoms with van der Waals surface area (Å²) in [5, 5.41) is 6.34. The Labute approximate surface area is 134 Å². The Bertz CT molecular complexity index is 430. The molecule has 0 bridgehead atoms. The number of nitrogens with one attached hydrogen (secondary N) is 1. The molecule has 2 aliphatic carbocycles. The lowest BCUT2D eigenvalue weighted by Gasteiger charge is -2.41. The van der Waals surface area contributed by atoms with E-state index in [0.717, 1.165) is 11.8 Å². The maximum Gasteiger partial charge on any atom is 0.0445 e. The highest BCUT2D eigenvalue weighted by Gasteiger charge is 2.35. The molecule has 21 heavy (non-hydrogen) atoms. The molecule has 0 aliphatic heterocycles. The van der Waals surface area contributed by atoms with Gasteiger partial charge in [-0.2, -0.15) is 0 Å². The molecule has 2 heteroatoms. The third-order valence-electron chi connectivity index (χ3n) is 5.52. The van der Waals surface area contributed by atoms with Crippen molar-refractivity contribution in [2.45, 2.75) is 77.8 Å². The summed E-state index contributed by atoms with van der Waals surface area (Å²) in [4.78, 5) is 1.57. The zero-order valence-electron chi connectivity index (χ0n) is 13.9. The molecule has 1 N–H and O–H groups in total. The molecule has 3 rings (SSSR count). The molecule has 2 fully saturated rings. The van der Waals surface area contributed by atoms with Crippen molar-refractivity contribution in [1.82, 2.24) is 5.32 Å². The maximum atomic E-state index is 4.10. The van der Waals surface area contributed by atoms with Crippen molar-refractivity contribution < 1.29 is 0 Å². The summed E-state index contributed by atoms with van der Waals surface area (Å²) in [5.74, 6) is 1.72. The van der Waals surface area contributed by atoms with Crippen LogP contribution in [0.15, 0.2) is 17.5 Å². The summed E-state index contributed by atoms with van der Waals surface area (Å²) in [6.07, 6.45) is 9.78. The molecule has 0 radical (unpaired) electrons. The molecule has 2 aliphatic rings. The topological polar surface area (TPSA) is 12.0 Å². The Balaban J connectivity index is 1.72. The van der Waals surface area contributed by atoms with Crippen molar-refractivity contribution in [2.24, 2.45) is 17.3 Å². The molecule has 1 aromatic heterocycles. The van der Waals surface area contributed by atoms with Gasteiger partial charge < -0.3 is 5.32 Å². The van der Waals surface area contributed by atoms with Gasteiger partial charge in [-0.1, -0.05) is 39.7 Å². The predicted molar refractivity (Wildman–Crippen MR) is 92.7 cm³/mol. The fraction of sp³-hybridized carbons (Fsp3) is 0.789. The normalized spacial score (nSPS) is 31.4. The second-order valence-corrected chi connectivity index (χ2v) is 9.29. The van der Waals surface area contributed by atoms with E-state index < -0.39 is 0 Å². The highest BCUT2D eigenvalue weighted by Crippen LogP contribution is 2.42. The number of rotatable bonds is 4. The Morgan fingerprint density at radius 1 is 1.24 bits per heavy atom. The van der Waals surface area contributed by atoms with Crippen LogP contribution in [0.1, 0.15) is 76.6 Å². The van der Waals surface area contributed by atoms with Crippen LogP contribution in [0, 0.1) is 17.3 Å². The van der Waals surface area contributed by atoms with E-state index in [2.05, 4.69) is 43.6 Å². The highest BCUT2D eigenvalue weighted by atomic mass is 32.1. The third kappa shape index (κ3) is 3.90. The van der Waals surface area contributed by atoms with E-state index in [-0.39, 0.29) is 0 Å². The van der Waals surface area contributed by atoms with Gasteiger partial charge in [-0.25, -0.2) is 0 Å². The van der Waals surface area contributed by atoms with Gasteiger partial charge in [0.05, 0.1) is 0 Å². The zero-order valence-corrected chi connectivity index (χ0v) is 14.7. The first-order valence-electron chi connectivity index (χ1n) is 8.83. The van der Waals surface area contributed by atoms with Crippen LogP contribution in [-0.2, 0) is 0 Å². The Kier molecular flexibility index (Phi) is 4.75. The molecule has 1 heterocycles. The molecule has 0 aromatic carbocycles. The van der Waals surface area contributed by atoms with Gasteiger partial charge >= 0.3 is 0 Å². The molecule has 2 saturated carbocycles. The standard InChI is InChI=1S/C19H31NS/c1-14-11-16(13-19(2,3)12-14)20-18(15-7-4-5-8-15)17-9-6-10-21-17/h6,9-10,14-16,18,20H,4-5,7-8,11-13H2,1-3H3. The van der Waals surface area contributed by atoms with Crippen LogP contribution in [0.25, 0.3) is 0 Å². The quantitative estimate of drug-likeness (QED) is 0.743. The van der Waals surface area contributed by atoms with Crippen molar-refractivity contribution >= 4 is 11.3 Å².